The van der Waals surface area contributed by atoms with E-state index >= 15 is 0 Å². The van der Waals surface area contributed by atoms with Gasteiger partial charge in [0, 0.05) is 13.1 Å². The number of nitrogen functional groups attached to an aromatic ring is 1. The Balaban J connectivity index is 1.95. The second kappa shape index (κ2) is 4.21. The molecule has 1 fully saturated rings. The van der Waals surface area contributed by atoms with E-state index in [0.29, 0.717) is 23.1 Å². The van der Waals surface area contributed by atoms with Crippen LogP contribution in [-0.2, 0) is 0 Å². The van der Waals surface area contributed by atoms with Gasteiger partial charge in [-0.05, 0) is 30.1 Å². The van der Waals surface area contributed by atoms with E-state index in [-0.39, 0.29) is 5.75 Å². The minimum atomic E-state index is -0.0193. The Morgan fingerprint density at radius 3 is 2.83 bits per heavy atom. The van der Waals surface area contributed by atoms with Gasteiger partial charge in [0.15, 0.2) is 5.75 Å². The maximum Gasteiger partial charge on any atom is 0.266 e. The SMILES string of the molecule is Nc1cccc(-c2nc(N3CCCC3)no2)c1O. The van der Waals surface area contributed by atoms with E-state index in [1.165, 1.54) is 0 Å². The van der Waals surface area contributed by atoms with Gasteiger partial charge in [-0.15, -0.1) is 0 Å². The Kier molecular flexibility index (Phi) is 2.55. The molecule has 1 aliphatic rings. The van der Waals surface area contributed by atoms with Gasteiger partial charge in [0.1, 0.15) is 0 Å². The molecule has 18 heavy (non-hydrogen) atoms. The van der Waals surface area contributed by atoms with Crippen LogP contribution in [0.15, 0.2) is 22.7 Å². The molecule has 6 heteroatoms. The smallest absolute Gasteiger partial charge is 0.266 e. The Hall–Kier alpha value is -2.24. The van der Waals surface area contributed by atoms with Crippen LogP contribution in [0.3, 0.4) is 0 Å². The lowest BCUT2D eigenvalue weighted by molar-refractivity contribution is 0.424. The van der Waals surface area contributed by atoms with Crippen LogP contribution < -0.4 is 10.6 Å². The summed E-state index contributed by atoms with van der Waals surface area (Å²) >= 11 is 0. The van der Waals surface area contributed by atoms with Gasteiger partial charge in [0.2, 0.25) is 0 Å². The highest BCUT2D eigenvalue weighted by molar-refractivity contribution is 5.71. The zero-order valence-corrected chi connectivity index (χ0v) is 9.83. The highest BCUT2D eigenvalue weighted by Gasteiger charge is 2.20. The van der Waals surface area contributed by atoms with Gasteiger partial charge in [-0.3, -0.25) is 0 Å². The van der Waals surface area contributed by atoms with Crippen molar-refractivity contribution in [2.24, 2.45) is 0 Å². The summed E-state index contributed by atoms with van der Waals surface area (Å²) in [5.41, 5.74) is 6.40. The fourth-order valence-corrected chi connectivity index (χ4v) is 2.10. The minimum absolute atomic E-state index is 0.0193. The first-order valence-corrected chi connectivity index (χ1v) is 5.92. The maximum absolute atomic E-state index is 9.86. The van der Waals surface area contributed by atoms with Crippen molar-refractivity contribution in [3.05, 3.63) is 18.2 Å². The van der Waals surface area contributed by atoms with Crippen molar-refractivity contribution < 1.29 is 9.63 Å². The first-order chi connectivity index (χ1) is 8.75. The van der Waals surface area contributed by atoms with Crippen molar-refractivity contribution in [2.45, 2.75) is 12.8 Å². The number of anilines is 2. The molecule has 0 unspecified atom stereocenters. The number of rotatable bonds is 2. The lowest BCUT2D eigenvalue weighted by Crippen LogP contribution is -2.18. The van der Waals surface area contributed by atoms with Crippen molar-refractivity contribution >= 4 is 11.6 Å². The molecule has 6 nitrogen and oxygen atoms in total. The number of phenolic OH excluding ortho intramolecular Hbond substituents is 1. The largest absolute Gasteiger partial charge is 0.505 e. The number of phenols is 1. The molecular formula is C12H14N4O2. The highest BCUT2D eigenvalue weighted by Crippen LogP contribution is 2.33. The first kappa shape index (κ1) is 10.9. The predicted octanol–water partition coefficient (Wildman–Crippen LogP) is 1.62. The quantitative estimate of drug-likeness (QED) is 0.618. The Morgan fingerprint density at radius 2 is 2.06 bits per heavy atom. The second-order valence-electron chi connectivity index (χ2n) is 4.34. The molecule has 0 spiro atoms. The molecule has 0 radical (unpaired) electrons. The van der Waals surface area contributed by atoms with Crippen molar-refractivity contribution in [3.8, 4) is 17.2 Å². The number of aromatic hydroxyl groups is 1. The third-order valence-corrected chi connectivity index (χ3v) is 3.10. The summed E-state index contributed by atoms with van der Waals surface area (Å²) in [6, 6.07) is 5.06. The number of nitrogens with zero attached hydrogens (tertiary/aromatic N) is 3. The van der Waals surface area contributed by atoms with Crippen molar-refractivity contribution in [3.63, 3.8) is 0 Å². The van der Waals surface area contributed by atoms with Crippen molar-refractivity contribution in [2.75, 3.05) is 23.7 Å². The Bertz CT molecular complexity index is 561. The topological polar surface area (TPSA) is 88.4 Å². The van der Waals surface area contributed by atoms with Crippen LogP contribution in [0.2, 0.25) is 0 Å². The van der Waals surface area contributed by atoms with Gasteiger partial charge in [0.05, 0.1) is 11.3 Å². The van der Waals surface area contributed by atoms with E-state index in [1.807, 2.05) is 0 Å². The van der Waals surface area contributed by atoms with Gasteiger partial charge in [0.25, 0.3) is 11.8 Å². The van der Waals surface area contributed by atoms with Crippen LogP contribution in [0.4, 0.5) is 11.6 Å². The van der Waals surface area contributed by atoms with Gasteiger partial charge in [-0.2, -0.15) is 4.98 Å². The number of para-hydroxylation sites is 1. The summed E-state index contributed by atoms with van der Waals surface area (Å²) in [4.78, 5) is 6.36. The predicted molar refractivity (Wildman–Crippen MR) is 67.3 cm³/mol. The van der Waals surface area contributed by atoms with Crippen LogP contribution in [0.1, 0.15) is 12.8 Å². The van der Waals surface area contributed by atoms with Crippen LogP contribution in [-0.4, -0.2) is 28.3 Å². The van der Waals surface area contributed by atoms with Crippen molar-refractivity contribution in [1.29, 1.82) is 0 Å². The van der Waals surface area contributed by atoms with Crippen molar-refractivity contribution in [1.82, 2.24) is 10.1 Å². The Morgan fingerprint density at radius 1 is 1.28 bits per heavy atom. The summed E-state index contributed by atoms with van der Waals surface area (Å²) in [5.74, 6) is 0.847. The molecule has 1 aromatic heterocycles. The molecule has 0 amide bonds. The van der Waals surface area contributed by atoms with Crippen LogP contribution in [0.5, 0.6) is 5.75 Å². The molecule has 0 bridgehead atoms. The summed E-state index contributed by atoms with van der Waals surface area (Å²) in [6.07, 6.45) is 2.29. The molecule has 0 saturated carbocycles. The standard InChI is InChI=1S/C12H14N4O2/c13-9-5-3-4-8(10(9)17)11-14-12(15-18-11)16-6-1-2-7-16/h3-5,17H,1-2,6-7,13H2. The first-order valence-electron chi connectivity index (χ1n) is 5.92. The molecule has 2 heterocycles. The average Bonchev–Trinajstić information content (AvgIpc) is 3.01. The third-order valence-electron chi connectivity index (χ3n) is 3.10. The van der Waals surface area contributed by atoms with E-state index in [9.17, 15) is 5.11 Å². The Labute approximate surface area is 104 Å². The number of aromatic nitrogens is 2. The average molecular weight is 246 g/mol. The molecule has 3 N–H and O–H groups in total. The summed E-state index contributed by atoms with van der Waals surface area (Å²) < 4.78 is 5.18. The number of benzene rings is 1. The summed E-state index contributed by atoms with van der Waals surface area (Å²) in [5, 5.41) is 13.8. The van der Waals surface area contributed by atoms with Gasteiger partial charge < -0.3 is 20.3 Å². The van der Waals surface area contributed by atoms with Gasteiger partial charge >= 0.3 is 0 Å². The normalized spacial score (nSPS) is 15.2. The zero-order valence-electron chi connectivity index (χ0n) is 9.83. The van der Waals surface area contributed by atoms with Crippen LogP contribution >= 0.6 is 0 Å². The lowest BCUT2D eigenvalue weighted by atomic mass is 10.2. The molecule has 0 aliphatic carbocycles. The molecule has 1 aliphatic heterocycles. The zero-order chi connectivity index (χ0) is 12.5. The van der Waals surface area contributed by atoms with E-state index in [4.69, 9.17) is 10.3 Å². The molecule has 2 aromatic rings. The van der Waals surface area contributed by atoms with E-state index < -0.39 is 0 Å². The van der Waals surface area contributed by atoms with Crippen LogP contribution in [0.25, 0.3) is 11.5 Å². The summed E-state index contributed by atoms with van der Waals surface area (Å²) in [6.45, 7) is 1.89. The lowest BCUT2D eigenvalue weighted by Gasteiger charge is -2.09. The maximum atomic E-state index is 9.86. The minimum Gasteiger partial charge on any atom is -0.505 e. The number of hydrogen-bond donors (Lipinski definition) is 2. The van der Waals surface area contributed by atoms with Gasteiger partial charge in [-0.1, -0.05) is 6.07 Å². The monoisotopic (exact) mass is 246 g/mol. The second-order valence-corrected chi connectivity index (χ2v) is 4.34. The summed E-state index contributed by atoms with van der Waals surface area (Å²) in [7, 11) is 0. The molecule has 0 atom stereocenters. The molecule has 94 valence electrons. The number of hydrogen-bond acceptors (Lipinski definition) is 6. The highest BCUT2D eigenvalue weighted by atomic mass is 16.5. The third kappa shape index (κ3) is 1.75. The van der Waals surface area contributed by atoms with Gasteiger partial charge in [-0.25, -0.2) is 0 Å². The van der Waals surface area contributed by atoms with E-state index in [0.717, 1.165) is 25.9 Å². The van der Waals surface area contributed by atoms with E-state index in [1.54, 1.807) is 18.2 Å². The fourth-order valence-electron chi connectivity index (χ4n) is 2.10. The molecular weight excluding hydrogens is 232 g/mol. The molecule has 1 aromatic carbocycles. The molecule has 3 rings (SSSR count). The fraction of sp³-hybridized carbons (Fsp3) is 0.333. The number of nitrogens with two attached hydrogens (primary N) is 1. The molecule has 1 saturated heterocycles. The van der Waals surface area contributed by atoms with E-state index in [2.05, 4.69) is 15.0 Å². The van der Waals surface area contributed by atoms with Crippen LogP contribution in [0, 0.1) is 0 Å².